The number of benzene rings is 1. The van der Waals surface area contributed by atoms with Gasteiger partial charge in [0.1, 0.15) is 0 Å². The summed E-state index contributed by atoms with van der Waals surface area (Å²) in [5, 5.41) is 7.96. The lowest BCUT2D eigenvalue weighted by Crippen LogP contribution is -2.47. The van der Waals surface area contributed by atoms with Crippen molar-refractivity contribution in [3.8, 4) is 0 Å². The van der Waals surface area contributed by atoms with Gasteiger partial charge in [-0.25, -0.2) is 0 Å². The Bertz CT molecular complexity index is 889. The van der Waals surface area contributed by atoms with Crippen molar-refractivity contribution in [2.75, 3.05) is 5.32 Å². The van der Waals surface area contributed by atoms with Crippen LogP contribution in [0.5, 0.6) is 0 Å². The number of anilines is 1. The molecule has 0 aliphatic heterocycles. The highest BCUT2D eigenvalue weighted by atomic mass is 16.1. The molecule has 4 aliphatic carbocycles. The zero-order valence-electron chi connectivity index (χ0n) is 18.0. The predicted octanol–water partition coefficient (Wildman–Crippen LogP) is 5.40. The molecule has 4 fully saturated rings. The first-order valence-corrected chi connectivity index (χ1v) is 11.3. The molecule has 1 aromatic carbocycles. The molecular formula is C25H33N3O. The van der Waals surface area contributed by atoms with Crippen LogP contribution in [0.15, 0.2) is 24.3 Å². The third-order valence-electron chi connectivity index (χ3n) is 7.80. The van der Waals surface area contributed by atoms with Crippen LogP contribution in [-0.2, 0) is 11.3 Å². The van der Waals surface area contributed by atoms with Crippen LogP contribution in [0.25, 0.3) is 0 Å². The highest BCUT2D eigenvalue weighted by Crippen LogP contribution is 2.61. The van der Waals surface area contributed by atoms with Gasteiger partial charge in [-0.1, -0.05) is 29.8 Å². The number of aromatic nitrogens is 2. The maximum atomic E-state index is 13.1. The van der Waals surface area contributed by atoms with E-state index in [0.717, 1.165) is 41.4 Å². The molecule has 29 heavy (non-hydrogen) atoms. The molecule has 0 radical (unpaired) electrons. The van der Waals surface area contributed by atoms with Crippen molar-refractivity contribution in [3.63, 3.8) is 0 Å². The van der Waals surface area contributed by atoms with E-state index in [0.29, 0.717) is 6.42 Å². The summed E-state index contributed by atoms with van der Waals surface area (Å²) in [5.41, 5.74) is 5.63. The van der Waals surface area contributed by atoms with E-state index in [4.69, 9.17) is 5.10 Å². The number of carbonyl (C=O) groups is 1. The summed E-state index contributed by atoms with van der Waals surface area (Å²) in [5.74, 6) is 2.84. The van der Waals surface area contributed by atoms with Crippen molar-refractivity contribution >= 4 is 11.6 Å². The van der Waals surface area contributed by atoms with Gasteiger partial charge in [0.15, 0.2) is 0 Å². The van der Waals surface area contributed by atoms with E-state index < -0.39 is 0 Å². The van der Waals surface area contributed by atoms with E-state index in [9.17, 15) is 4.79 Å². The Labute approximate surface area is 174 Å². The molecule has 154 valence electrons. The molecular weight excluding hydrogens is 358 g/mol. The van der Waals surface area contributed by atoms with E-state index in [-0.39, 0.29) is 11.3 Å². The maximum absolute atomic E-state index is 13.1. The van der Waals surface area contributed by atoms with E-state index in [1.54, 1.807) is 0 Å². The van der Waals surface area contributed by atoms with Crippen LogP contribution in [0.4, 0.5) is 5.69 Å². The first kappa shape index (κ1) is 18.9. The van der Waals surface area contributed by atoms with E-state index in [1.165, 1.54) is 49.7 Å². The number of nitrogens with one attached hydrogen (secondary N) is 1. The van der Waals surface area contributed by atoms with Crippen molar-refractivity contribution in [3.05, 3.63) is 46.8 Å². The molecule has 1 amide bonds. The summed E-state index contributed by atoms with van der Waals surface area (Å²) < 4.78 is 2.01. The van der Waals surface area contributed by atoms with Crippen LogP contribution in [-0.4, -0.2) is 15.7 Å². The Morgan fingerprint density at radius 1 is 1.03 bits per heavy atom. The normalized spacial score (nSPS) is 30.0. The van der Waals surface area contributed by atoms with Crippen LogP contribution < -0.4 is 5.32 Å². The smallest absolute Gasteiger partial charge is 0.225 e. The zero-order chi connectivity index (χ0) is 20.2. The minimum atomic E-state index is 0.188. The molecule has 4 aliphatic rings. The Morgan fingerprint density at radius 3 is 2.21 bits per heavy atom. The van der Waals surface area contributed by atoms with E-state index in [2.05, 4.69) is 43.4 Å². The molecule has 0 spiro atoms. The molecule has 1 heterocycles. The van der Waals surface area contributed by atoms with Gasteiger partial charge < -0.3 is 5.32 Å². The van der Waals surface area contributed by atoms with Crippen molar-refractivity contribution in [1.29, 1.82) is 0 Å². The highest BCUT2D eigenvalue weighted by Gasteiger charge is 2.51. The fourth-order valence-electron chi connectivity index (χ4n) is 6.93. The Kier molecular flexibility index (Phi) is 4.56. The average molecular weight is 392 g/mol. The third kappa shape index (κ3) is 3.62. The van der Waals surface area contributed by atoms with Crippen LogP contribution in [0.2, 0.25) is 0 Å². The minimum absolute atomic E-state index is 0.188. The maximum Gasteiger partial charge on any atom is 0.225 e. The van der Waals surface area contributed by atoms with E-state index in [1.807, 2.05) is 11.6 Å². The largest absolute Gasteiger partial charge is 0.323 e. The number of nitrogens with zero attached hydrogens (tertiary/aromatic N) is 2. The highest BCUT2D eigenvalue weighted by molar-refractivity contribution is 5.92. The SMILES string of the molecule is Cc1ccc(Cn2nc(C)c(NC(=O)CC34CC5CC(CC(C5)C3)C4)c2C)cc1. The van der Waals surface area contributed by atoms with Crippen molar-refractivity contribution in [1.82, 2.24) is 9.78 Å². The average Bonchev–Trinajstić information content (AvgIpc) is 2.89. The zero-order valence-corrected chi connectivity index (χ0v) is 18.0. The summed E-state index contributed by atoms with van der Waals surface area (Å²) in [6.07, 6.45) is 8.78. The third-order valence-corrected chi connectivity index (χ3v) is 7.80. The summed E-state index contributed by atoms with van der Waals surface area (Å²) in [6, 6.07) is 8.57. The van der Waals surface area contributed by atoms with Crippen LogP contribution in [0.3, 0.4) is 0 Å². The standard InChI is InChI=1S/C25H33N3O/c1-16-4-6-19(7-5-16)15-28-18(3)24(17(2)27-28)26-23(29)14-25-11-20-8-21(12-25)10-22(9-20)13-25/h4-7,20-22H,8-15H2,1-3H3,(H,26,29). The molecule has 0 unspecified atom stereocenters. The monoisotopic (exact) mass is 391 g/mol. The van der Waals surface area contributed by atoms with Gasteiger partial charge in [-0.15, -0.1) is 0 Å². The van der Waals surface area contributed by atoms with E-state index >= 15 is 0 Å². The Hall–Kier alpha value is -2.10. The molecule has 0 saturated heterocycles. The van der Waals surface area contributed by atoms with Gasteiger partial charge >= 0.3 is 0 Å². The lowest BCUT2D eigenvalue weighted by Gasteiger charge is -2.56. The number of rotatable bonds is 5. The number of aryl methyl sites for hydroxylation is 2. The summed E-state index contributed by atoms with van der Waals surface area (Å²) in [6.45, 7) is 6.90. The van der Waals surface area contributed by atoms with Gasteiger partial charge in [0.2, 0.25) is 5.91 Å². The summed E-state index contributed by atoms with van der Waals surface area (Å²) in [4.78, 5) is 13.1. The fourth-order valence-corrected chi connectivity index (χ4v) is 6.93. The summed E-state index contributed by atoms with van der Waals surface area (Å²) >= 11 is 0. The molecule has 1 aromatic heterocycles. The molecule has 1 N–H and O–H groups in total. The van der Waals surface area contributed by atoms with Crippen molar-refractivity contribution in [2.45, 2.75) is 72.3 Å². The first-order chi connectivity index (χ1) is 13.9. The van der Waals surface area contributed by atoms with Gasteiger partial charge in [-0.05, 0) is 88.0 Å². The van der Waals surface area contributed by atoms with Gasteiger partial charge in [-0.3, -0.25) is 9.48 Å². The van der Waals surface area contributed by atoms with Gasteiger partial charge in [-0.2, -0.15) is 5.10 Å². The number of hydrogen-bond acceptors (Lipinski definition) is 2. The second-order valence-corrected chi connectivity index (χ2v) is 10.3. The minimum Gasteiger partial charge on any atom is -0.323 e. The summed E-state index contributed by atoms with van der Waals surface area (Å²) in [7, 11) is 0. The molecule has 4 nitrogen and oxygen atoms in total. The molecule has 4 heteroatoms. The van der Waals surface area contributed by atoms with Crippen LogP contribution in [0.1, 0.15) is 67.5 Å². The molecule has 6 rings (SSSR count). The van der Waals surface area contributed by atoms with Crippen molar-refractivity contribution < 1.29 is 4.79 Å². The molecule has 4 saturated carbocycles. The van der Waals surface area contributed by atoms with Crippen LogP contribution >= 0.6 is 0 Å². The van der Waals surface area contributed by atoms with Gasteiger partial charge in [0.25, 0.3) is 0 Å². The second-order valence-electron chi connectivity index (χ2n) is 10.3. The molecule has 0 atom stereocenters. The number of hydrogen-bond donors (Lipinski definition) is 1. The lowest BCUT2D eigenvalue weighted by molar-refractivity contribution is -0.124. The lowest BCUT2D eigenvalue weighted by atomic mass is 9.49. The topological polar surface area (TPSA) is 46.9 Å². The predicted molar refractivity (Wildman–Crippen MR) is 116 cm³/mol. The number of amides is 1. The molecule has 2 aromatic rings. The van der Waals surface area contributed by atoms with Crippen LogP contribution in [0, 0.1) is 43.9 Å². The Balaban J connectivity index is 1.28. The van der Waals surface area contributed by atoms with Crippen molar-refractivity contribution in [2.24, 2.45) is 23.2 Å². The fraction of sp³-hybridized carbons (Fsp3) is 0.600. The Morgan fingerprint density at radius 2 is 1.62 bits per heavy atom. The van der Waals surface area contributed by atoms with Gasteiger partial charge in [0.05, 0.1) is 23.6 Å². The second kappa shape index (κ2) is 7.00. The quantitative estimate of drug-likeness (QED) is 0.741. The number of carbonyl (C=O) groups excluding carboxylic acids is 1. The first-order valence-electron chi connectivity index (χ1n) is 11.3. The molecule has 4 bridgehead atoms. The van der Waals surface area contributed by atoms with Gasteiger partial charge in [0, 0.05) is 6.42 Å².